The van der Waals surface area contributed by atoms with Crippen LogP contribution in [0.25, 0.3) is 0 Å². The van der Waals surface area contributed by atoms with Gasteiger partial charge in [-0.15, -0.1) is 0 Å². The Labute approximate surface area is 127 Å². The quantitative estimate of drug-likeness (QED) is 0.769. The average Bonchev–Trinajstić information content (AvgIpc) is 2.41. The molecule has 0 radical (unpaired) electrons. The third kappa shape index (κ3) is 4.22. The fraction of sp³-hybridized carbons (Fsp3) is 0.0714. The summed E-state index contributed by atoms with van der Waals surface area (Å²) in [7, 11) is 0. The highest BCUT2D eigenvalue weighted by Crippen LogP contribution is 2.34. The Hall–Kier alpha value is -2.02. The van der Waals surface area contributed by atoms with Crippen LogP contribution in [0.4, 0.5) is 29.3 Å². The third-order valence-corrected chi connectivity index (χ3v) is 3.11. The molecule has 0 spiro atoms. The van der Waals surface area contributed by atoms with Crippen molar-refractivity contribution < 1.29 is 18.0 Å². The molecule has 0 fully saturated rings. The fourth-order valence-corrected chi connectivity index (χ4v) is 1.92. The van der Waals surface area contributed by atoms with E-state index in [4.69, 9.17) is 0 Å². The molecule has 0 aliphatic heterocycles. The number of hydrogen-bond acceptors (Lipinski definition) is 1. The van der Waals surface area contributed by atoms with Crippen LogP contribution in [-0.4, -0.2) is 6.03 Å². The van der Waals surface area contributed by atoms with Crippen LogP contribution in [0.2, 0.25) is 0 Å². The highest BCUT2D eigenvalue weighted by atomic mass is 79.9. The van der Waals surface area contributed by atoms with Crippen LogP contribution in [0.3, 0.4) is 0 Å². The summed E-state index contributed by atoms with van der Waals surface area (Å²) in [5, 5.41) is 4.66. The van der Waals surface area contributed by atoms with Crippen LogP contribution in [-0.2, 0) is 6.18 Å². The van der Waals surface area contributed by atoms with E-state index in [1.165, 1.54) is 18.2 Å². The maximum Gasteiger partial charge on any atom is 0.418 e. The van der Waals surface area contributed by atoms with Crippen molar-refractivity contribution in [3.05, 3.63) is 58.6 Å². The molecule has 0 aliphatic carbocycles. The summed E-state index contributed by atoms with van der Waals surface area (Å²) in [5.41, 5.74) is -0.712. The van der Waals surface area contributed by atoms with Gasteiger partial charge in [0.1, 0.15) is 0 Å². The zero-order chi connectivity index (χ0) is 15.5. The van der Waals surface area contributed by atoms with E-state index >= 15 is 0 Å². The SMILES string of the molecule is O=C(Nc1ccc(Br)cc1)Nc1ccccc1C(F)(F)F. The molecule has 2 aromatic rings. The molecule has 0 unspecified atom stereocenters. The molecule has 110 valence electrons. The maximum atomic E-state index is 12.8. The number of anilines is 2. The zero-order valence-electron chi connectivity index (χ0n) is 10.5. The lowest BCUT2D eigenvalue weighted by molar-refractivity contribution is -0.136. The van der Waals surface area contributed by atoms with Gasteiger partial charge in [-0.25, -0.2) is 4.79 Å². The maximum absolute atomic E-state index is 12.8. The predicted octanol–water partition coefficient (Wildman–Crippen LogP) is 5.11. The van der Waals surface area contributed by atoms with E-state index in [0.717, 1.165) is 10.5 Å². The number of nitrogens with one attached hydrogen (secondary N) is 2. The van der Waals surface area contributed by atoms with Gasteiger partial charge < -0.3 is 10.6 Å². The molecule has 2 aromatic carbocycles. The van der Waals surface area contributed by atoms with Crippen molar-refractivity contribution in [2.75, 3.05) is 10.6 Å². The summed E-state index contributed by atoms with van der Waals surface area (Å²) in [6, 6.07) is 10.7. The summed E-state index contributed by atoms with van der Waals surface area (Å²) in [6.07, 6.45) is -4.53. The van der Waals surface area contributed by atoms with Crippen LogP contribution in [0.5, 0.6) is 0 Å². The summed E-state index contributed by atoms with van der Waals surface area (Å²) in [6.45, 7) is 0. The fourth-order valence-electron chi connectivity index (χ4n) is 1.66. The first-order valence-electron chi connectivity index (χ1n) is 5.86. The molecule has 21 heavy (non-hydrogen) atoms. The van der Waals surface area contributed by atoms with E-state index in [9.17, 15) is 18.0 Å². The number of urea groups is 1. The van der Waals surface area contributed by atoms with Crippen molar-refractivity contribution >= 4 is 33.3 Å². The van der Waals surface area contributed by atoms with E-state index in [2.05, 4.69) is 26.6 Å². The first-order valence-corrected chi connectivity index (χ1v) is 6.65. The third-order valence-electron chi connectivity index (χ3n) is 2.58. The predicted molar refractivity (Wildman–Crippen MR) is 78.2 cm³/mol. The number of hydrogen-bond donors (Lipinski definition) is 2. The van der Waals surface area contributed by atoms with Crippen molar-refractivity contribution in [2.45, 2.75) is 6.18 Å². The molecule has 0 bridgehead atoms. The van der Waals surface area contributed by atoms with Gasteiger partial charge in [0, 0.05) is 10.2 Å². The molecule has 0 saturated heterocycles. The van der Waals surface area contributed by atoms with Crippen molar-refractivity contribution in [3.8, 4) is 0 Å². The number of para-hydroxylation sites is 1. The van der Waals surface area contributed by atoms with Crippen LogP contribution >= 0.6 is 15.9 Å². The Kier molecular flexibility index (Phi) is 4.52. The highest BCUT2D eigenvalue weighted by molar-refractivity contribution is 9.10. The number of amides is 2. The molecular weight excluding hydrogens is 349 g/mol. The second kappa shape index (κ2) is 6.17. The normalized spacial score (nSPS) is 11.0. The number of halogens is 4. The second-order valence-corrected chi connectivity index (χ2v) is 5.05. The molecule has 0 heterocycles. The molecule has 0 aromatic heterocycles. The largest absolute Gasteiger partial charge is 0.418 e. The Bertz CT molecular complexity index is 641. The lowest BCUT2D eigenvalue weighted by atomic mass is 10.1. The van der Waals surface area contributed by atoms with Gasteiger partial charge in [0.05, 0.1) is 11.3 Å². The number of benzene rings is 2. The average molecular weight is 359 g/mol. The number of carbonyl (C=O) groups excluding carboxylic acids is 1. The Balaban J connectivity index is 2.11. The standard InChI is InChI=1S/C14H10BrF3N2O/c15-9-5-7-10(8-6-9)19-13(21)20-12-4-2-1-3-11(12)14(16,17)18/h1-8H,(H2,19,20,21). The van der Waals surface area contributed by atoms with Gasteiger partial charge in [-0.3, -0.25) is 0 Å². The molecule has 2 N–H and O–H groups in total. The van der Waals surface area contributed by atoms with Crippen molar-refractivity contribution in [2.24, 2.45) is 0 Å². The lowest BCUT2D eigenvalue weighted by Crippen LogP contribution is -2.21. The van der Waals surface area contributed by atoms with Gasteiger partial charge in [0.2, 0.25) is 0 Å². The molecule has 2 amide bonds. The molecule has 7 heteroatoms. The van der Waals surface area contributed by atoms with Gasteiger partial charge in [0.25, 0.3) is 0 Å². The smallest absolute Gasteiger partial charge is 0.308 e. The minimum atomic E-state index is -4.53. The molecule has 0 atom stereocenters. The van der Waals surface area contributed by atoms with E-state index in [-0.39, 0.29) is 5.69 Å². The number of rotatable bonds is 2. The van der Waals surface area contributed by atoms with E-state index in [1.807, 2.05) is 0 Å². The van der Waals surface area contributed by atoms with Crippen LogP contribution in [0.1, 0.15) is 5.56 Å². The lowest BCUT2D eigenvalue weighted by Gasteiger charge is -2.14. The van der Waals surface area contributed by atoms with Crippen molar-refractivity contribution in [1.82, 2.24) is 0 Å². The molecule has 2 rings (SSSR count). The minimum Gasteiger partial charge on any atom is -0.308 e. The number of carbonyl (C=O) groups is 1. The molecule has 0 saturated carbocycles. The van der Waals surface area contributed by atoms with Gasteiger partial charge in [0.15, 0.2) is 0 Å². The van der Waals surface area contributed by atoms with E-state index < -0.39 is 17.8 Å². The molecule has 0 aliphatic rings. The van der Waals surface area contributed by atoms with Crippen LogP contribution in [0, 0.1) is 0 Å². The van der Waals surface area contributed by atoms with E-state index in [0.29, 0.717) is 5.69 Å². The van der Waals surface area contributed by atoms with Crippen LogP contribution < -0.4 is 10.6 Å². The molecular formula is C14H10BrF3N2O. The topological polar surface area (TPSA) is 41.1 Å². The second-order valence-electron chi connectivity index (χ2n) is 4.13. The first kappa shape index (κ1) is 15.4. The highest BCUT2D eigenvalue weighted by Gasteiger charge is 2.33. The Morgan fingerprint density at radius 2 is 1.57 bits per heavy atom. The number of alkyl halides is 3. The summed E-state index contributed by atoms with van der Waals surface area (Å²) >= 11 is 3.24. The van der Waals surface area contributed by atoms with Gasteiger partial charge in [-0.05, 0) is 36.4 Å². The van der Waals surface area contributed by atoms with Crippen LogP contribution in [0.15, 0.2) is 53.0 Å². The van der Waals surface area contributed by atoms with Crippen molar-refractivity contribution in [3.63, 3.8) is 0 Å². The van der Waals surface area contributed by atoms with Gasteiger partial charge >= 0.3 is 12.2 Å². The molecule has 3 nitrogen and oxygen atoms in total. The first-order chi connectivity index (χ1) is 9.86. The monoisotopic (exact) mass is 358 g/mol. The Morgan fingerprint density at radius 1 is 0.952 bits per heavy atom. The summed E-state index contributed by atoms with van der Waals surface area (Å²) < 4.78 is 39.2. The van der Waals surface area contributed by atoms with E-state index in [1.54, 1.807) is 24.3 Å². The summed E-state index contributed by atoms with van der Waals surface area (Å²) in [4.78, 5) is 11.7. The minimum absolute atomic E-state index is 0.292. The summed E-state index contributed by atoms with van der Waals surface area (Å²) in [5.74, 6) is 0. The van der Waals surface area contributed by atoms with Crippen molar-refractivity contribution in [1.29, 1.82) is 0 Å². The van der Waals surface area contributed by atoms with Gasteiger partial charge in [-0.1, -0.05) is 28.1 Å². The Morgan fingerprint density at radius 3 is 2.19 bits per heavy atom. The zero-order valence-corrected chi connectivity index (χ0v) is 12.1. The van der Waals surface area contributed by atoms with Gasteiger partial charge in [-0.2, -0.15) is 13.2 Å².